The van der Waals surface area contributed by atoms with E-state index in [0.29, 0.717) is 6.54 Å². The van der Waals surface area contributed by atoms with E-state index in [4.69, 9.17) is 4.74 Å². The Hall–Kier alpha value is -0.120. The Kier molecular flexibility index (Phi) is 3.71. The first-order valence-electron chi connectivity index (χ1n) is 5.13. The molecule has 0 aromatic heterocycles. The highest BCUT2D eigenvalue weighted by atomic mass is 16.5. The smallest absolute Gasteiger partial charge is 0.0726 e. The van der Waals surface area contributed by atoms with Gasteiger partial charge in [-0.05, 0) is 26.7 Å². The fraction of sp³-hybridized carbons (Fsp3) is 1.00. The number of aliphatic hydroxyl groups is 1. The topological polar surface area (TPSA) is 41.5 Å². The molecule has 3 heteroatoms. The molecule has 1 aliphatic rings. The molecule has 0 spiro atoms. The lowest BCUT2D eigenvalue weighted by Crippen LogP contribution is -2.50. The molecule has 0 saturated carbocycles. The van der Waals surface area contributed by atoms with Crippen LogP contribution in [0, 0.1) is 0 Å². The van der Waals surface area contributed by atoms with Gasteiger partial charge in [0.1, 0.15) is 0 Å². The minimum atomic E-state index is -0.232. The minimum absolute atomic E-state index is 0.0517. The average Bonchev–Trinajstić information content (AvgIpc) is 2.44. The number of nitrogens with one attached hydrogen (secondary N) is 1. The summed E-state index contributed by atoms with van der Waals surface area (Å²) in [7, 11) is 0. The highest BCUT2D eigenvalue weighted by molar-refractivity contribution is 4.93. The van der Waals surface area contributed by atoms with Crippen molar-refractivity contribution in [3.8, 4) is 0 Å². The summed E-state index contributed by atoms with van der Waals surface area (Å²) in [5.41, 5.74) is 0.0517. The summed E-state index contributed by atoms with van der Waals surface area (Å²) >= 11 is 0. The van der Waals surface area contributed by atoms with Crippen LogP contribution in [0.1, 0.15) is 33.6 Å². The van der Waals surface area contributed by atoms with Crippen LogP contribution in [0.4, 0.5) is 0 Å². The molecule has 1 saturated heterocycles. The van der Waals surface area contributed by atoms with E-state index in [-0.39, 0.29) is 17.7 Å². The van der Waals surface area contributed by atoms with E-state index in [9.17, 15) is 5.11 Å². The van der Waals surface area contributed by atoms with E-state index in [2.05, 4.69) is 19.2 Å². The first kappa shape index (κ1) is 11.0. The van der Waals surface area contributed by atoms with Gasteiger partial charge in [-0.3, -0.25) is 0 Å². The third-order valence-electron chi connectivity index (χ3n) is 3.10. The first-order chi connectivity index (χ1) is 6.08. The molecule has 0 radical (unpaired) electrons. The van der Waals surface area contributed by atoms with Gasteiger partial charge < -0.3 is 15.2 Å². The second-order valence-electron chi connectivity index (χ2n) is 4.12. The molecule has 0 aliphatic carbocycles. The standard InChI is InChI=1S/C10H21NO2/c1-4-9(12)7-11-10(3)5-6-13-8(10)2/h8-9,11-12H,4-7H2,1-3H3. The minimum Gasteiger partial charge on any atom is -0.392 e. The first-order valence-corrected chi connectivity index (χ1v) is 5.13. The summed E-state index contributed by atoms with van der Waals surface area (Å²) in [5, 5.41) is 12.8. The highest BCUT2D eigenvalue weighted by Crippen LogP contribution is 2.24. The molecule has 1 fully saturated rings. The van der Waals surface area contributed by atoms with Crippen LogP contribution in [0.15, 0.2) is 0 Å². The monoisotopic (exact) mass is 187 g/mol. The van der Waals surface area contributed by atoms with Gasteiger partial charge in [0.25, 0.3) is 0 Å². The van der Waals surface area contributed by atoms with Crippen LogP contribution in [0.25, 0.3) is 0 Å². The molecule has 1 aliphatic heterocycles. The maximum Gasteiger partial charge on any atom is 0.0726 e. The van der Waals surface area contributed by atoms with Gasteiger partial charge in [-0.15, -0.1) is 0 Å². The Morgan fingerprint density at radius 2 is 2.38 bits per heavy atom. The fourth-order valence-corrected chi connectivity index (χ4v) is 1.56. The number of hydrogen-bond acceptors (Lipinski definition) is 3. The maximum atomic E-state index is 9.42. The third kappa shape index (κ3) is 2.66. The predicted octanol–water partition coefficient (Wildman–Crippen LogP) is 0.914. The summed E-state index contributed by atoms with van der Waals surface area (Å²) in [4.78, 5) is 0. The normalized spacial score (nSPS) is 36.5. The van der Waals surface area contributed by atoms with E-state index in [1.807, 2.05) is 6.92 Å². The molecule has 3 atom stereocenters. The number of aliphatic hydroxyl groups excluding tert-OH is 1. The maximum absolute atomic E-state index is 9.42. The van der Waals surface area contributed by atoms with Crippen molar-refractivity contribution >= 4 is 0 Å². The highest BCUT2D eigenvalue weighted by Gasteiger charge is 2.36. The van der Waals surface area contributed by atoms with Crippen molar-refractivity contribution < 1.29 is 9.84 Å². The van der Waals surface area contributed by atoms with Gasteiger partial charge >= 0.3 is 0 Å². The zero-order chi connectivity index (χ0) is 9.90. The molecule has 0 bridgehead atoms. The lowest BCUT2D eigenvalue weighted by Gasteiger charge is -2.30. The van der Waals surface area contributed by atoms with Crippen LogP contribution in [-0.4, -0.2) is 36.0 Å². The van der Waals surface area contributed by atoms with E-state index in [1.165, 1.54) is 0 Å². The molecule has 3 nitrogen and oxygen atoms in total. The molecular formula is C10H21NO2. The molecular weight excluding hydrogens is 166 g/mol. The van der Waals surface area contributed by atoms with Gasteiger partial charge in [0, 0.05) is 18.7 Å². The van der Waals surface area contributed by atoms with Gasteiger partial charge in [0.2, 0.25) is 0 Å². The molecule has 3 unspecified atom stereocenters. The lowest BCUT2D eigenvalue weighted by molar-refractivity contribution is 0.0796. The summed E-state index contributed by atoms with van der Waals surface area (Å²) in [6.07, 6.45) is 1.85. The van der Waals surface area contributed by atoms with E-state index in [1.54, 1.807) is 0 Å². The lowest BCUT2D eigenvalue weighted by atomic mass is 9.94. The quantitative estimate of drug-likeness (QED) is 0.687. The molecule has 0 amide bonds. The van der Waals surface area contributed by atoms with Crippen molar-refractivity contribution in [2.75, 3.05) is 13.2 Å². The Morgan fingerprint density at radius 1 is 1.69 bits per heavy atom. The van der Waals surface area contributed by atoms with Crippen molar-refractivity contribution in [1.82, 2.24) is 5.32 Å². The Bertz CT molecular complexity index is 163. The molecule has 13 heavy (non-hydrogen) atoms. The van der Waals surface area contributed by atoms with Crippen molar-refractivity contribution in [2.24, 2.45) is 0 Å². The number of rotatable bonds is 4. The van der Waals surface area contributed by atoms with E-state index in [0.717, 1.165) is 19.4 Å². The molecule has 78 valence electrons. The van der Waals surface area contributed by atoms with Crippen molar-refractivity contribution in [3.05, 3.63) is 0 Å². The van der Waals surface area contributed by atoms with E-state index >= 15 is 0 Å². The van der Waals surface area contributed by atoms with Crippen LogP contribution in [0.3, 0.4) is 0 Å². The summed E-state index contributed by atoms with van der Waals surface area (Å²) in [5.74, 6) is 0. The second-order valence-corrected chi connectivity index (χ2v) is 4.12. The number of hydrogen-bond donors (Lipinski definition) is 2. The third-order valence-corrected chi connectivity index (χ3v) is 3.10. The van der Waals surface area contributed by atoms with Gasteiger partial charge in [0.05, 0.1) is 12.2 Å². The van der Waals surface area contributed by atoms with E-state index < -0.39 is 0 Å². The fourth-order valence-electron chi connectivity index (χ4n) is 1.56. The summed E-state index contributed by atoms with van der Waals surface area (Å²) in [6, 6.07) is 0. The molecule has 1 heterocycles. The van der Waals surface area contributed by atoms with Crippen LogP contribution >= 0.6 is 0 Å². The molecule has 2 N–H and O–H groups in total. The van der Waals surface area contributed by atoms with Gasteiger partial charge in [0.15, 0.2) is 0 Å². The van der Waals surface area contributed by atoms with Crippen LogP contribution < -0.4 is 5.32 Å². The molecule has 0 aromatic rings. The van der Waals surface area contributed by atoms with Crippen LogP contribution in [0.5, 0.6) is 0 Å². The Morgan fingerprint density at radius 3 is 2.85 bits per heavy atom. The predicted molar refractivity (Wildman–Crippen MR) is 52.7 cm³/mol. The van der Waals surface area contributed by atoms with Crippen LogP contribution in [-0.2, 0) is 4.74 Å². The van der Waals surface area contributed by atoms with Gasteiger partial charge in [-0.2, -0.15) is 0 Å². The average molecular weight is 187 g/mol. The van der Waals surface area contributed by atoms with Crippen molar-refractivity contribution in [1.29, 1.82) is 0 Å². The SMILES string of the molecule is CCC(O)CNC1(C)CCOC1C. The summed E-state index contributed by atoms with van der Waals surface area (Å²) in [6.45, 7) is 7.72. The second kappa shape index (κ2) is 4.40. The summed E-state index contributed by atoms with van der Waals surface area (Å²) < 4.78 is 5.49. The Balaban J connectivity index is 2.34. The van der Waals surface area contributed by atoms with Crippen molar-refractivity contribution in [2.45, 2.75) is 51.4 Å². The molecule has 1 rings (SSSR count). The van der Waals surface area contributed by atoms with Gasteiger partial charge in [-0.25, -0.2) is 0 Å². The van der Waals surface area contributed by atoms with Gasteiger partial charge in [-0.1, -0.05) is 6.92 Å². The number of β-amino-alcohol motifs (C(OH)–C–C–N with tert-alkyl or cyclic N) is 1. The Labute approximate surface area is 80.5 Å². The largest absolute Gasteiger partial charge is 0.392 e. The zero-order valence-electron chi connectivity index (χ0n) is 8.84. The molecule has 0 aromatic carbocycles. The van der Waals surface area contributed by atoms with Crippen LogP contribution in [0.2, 0.25) is 0 Å². The van der Waals surface area contributed by atoms with Crippen molar-refractivity contribution in [3.63, 3.8) is 0 Å². The number of ether oxygens (including phenoxy) is 1. The zero-order valence-corrected chi connectivity index (χ0v) is 8.84.